The van der Waals surface area contributed by atoms with Crippen LogP contribution in [-0.4, -0.2) is 15.7 Å². The van der Waals surface area contributed by atoms with Crippen LogP contribution in [0.2, 0.25) is 5.02 Å². The third-order valence-corrected chi connectivity index (χ3v) is 7.66. The molecule has 4 rings (SSSR count). The van der Waals surface area contributed by atoms with Crippen molar-refractivity contribution in [2.45, 2.75) is 49.5 Å². The molecular formula is C25H24ClFINO. The highest BCUT2D eigenvalue weighted by atomic mass is 127. The van der Waals surface area contributed by atoms with E-state index in [0.29, 0.717) is 22.2 Å². The smallest absolute Gasteiger partial charge is 0.161 e. The third-order valence-electron chi connectivity index (χ3n) is 6.02. The molecule has 0 saturated heterocycles. The number of nitrogens with one attached hydrogen (secondary N) is 1. The van der Waals surface area contributed by atoms with Crippen LogP contribution in [0.15, 0.2) is 42.5 Å². The Labute approximate surface area is 195 Å². The monoisotopic (exact) mass is 535 g/mol. The molecule has 156 valence electrons. The lowest BCUT2D eigenvalue weighted by atomic mass is 9.93. The van der Waals surface area contributed by atoms with Gasteiger partial charge in [-0.25, -0.2) is 4.39 Å². The Hall–Kier alpha value is -1.66. The molecule has 5 heteroatoms. The molecule has 0 atom stereocenters. The summed E-state index contributed by atoms with van der Waals surface area (Å²) in [5.74, 6) is -0.277. The maximum Gasteiger partial charge on any atom is 0.161 e. The standard InChI is InChI=1S/C25H24ClFINO/c1-14-23(26)12-18(13-24(14)27)17-4-3-16-5-10-21(15(2)30)25(22(16)11-17)29-20-8-6-19(28)7-9-20/h3-5,10-13,19-20,29H,6-9H2,1-2H3/t19-,20-. The average molecular weight is 536 g/mol. The highest BCUT2D eigenvalue weighted by Crippen LogP contribution is 2.36. The number of alkyl halides is 1. The van der Waals surface area contributed by atoms with E-state index in [4.69, 9.17) is 11.6 Å². The van der Waals surface area contributed by atoms with Crippen LogP contribution in [0, 0.1) is 12.7 Å². The normalized spacial score (nSPS) is 19.1. The Bertz CT molecular complexity index is 1100. The second-order valence-corrected chi connectivity index (χ2v) is 10.3. The van der Waals surface area contributed by atoms with Crippen LogP contribution >= 0.6 is 34.2 Å². The zero-order valence-electron chi connectivity index (χ0n) is 17.1. The number of hydrogen-bond donors (Lipinski definition) is 1. The number of carbonyl (C=O) groups excluding carboxylic acids is 1. The van der Waals surface area contributed by atoms with E-state index in [1.165, 1.54) is 18.9 Å². The van der Waals surface area contributed by atoms with Gasteiger partial charge in [-0.05, 0) is 80.3 Å². The summed E-state index contributed by atoms with van der Waals surface area (Å²) in [5.41, 5.74) is 3.65. The minimum absolute atomic E-state index is 0.0387. The van der Waals surface area contributed by atoms with Gasteiger partial charge in [-0.15, -0.1) is 0 Å². The molecule has 1 aliphatic carbocycles. The van der Waals surface area contributed by atoms with Crippen molar-refractivity contribution < 1.29 is 9.18 Å². The first kappa shape index (κ1) is 21.6. The Morgan fingerprint density at radius 3 is 2.43 bits per heavy atom. The molecule has 0 radical (unpaired) electrons. The maximum absolute atomic E-state index is 14.3. The molecule has 0 spiro atoms. The van der Waals surface area contributed by atoms with Crippen LogP contribution < -0.4 is 5.32 Å². The van der Waals surface area contributed by atoms with Crippen LogP contribution in [0.1, 0.15) is 48.5 Å². The highest BCUT2D eigenvalue weighted by Gasteiger charge is 2.22. The van der Waals surface area contributed by atoms with Crippen molar-refractivity contribution in [2.24, 2.45) is 0 Å². The molecule has 1 fully saturated rings. The summed E-state index contributed by atoms with van der Waals surface area (Å²) in [6.07, 6.45) is 4.56. The third kappa shape index (κ3) is 4.35. The van der Waals surface area contributed by atoms with Crippen molar-refractivity contribution in [3.63, 3.8) is 0 Å². The number of hydrogen-bond acceptors (Lipinski definition) is 2. The topological polar surface area (TPSA) is 29.1 Å². The predicted octanol–water partition coefficient (Wildman–Crippen LogP) is 7.97. The lowest BCUT2D eigenvalue weighted by Crippen LogP contribution is -2.27. The number of ketones is 1. The molecule has 1 aliphatic rings. The summed E-state index contributed by atoms with van der Waals surface area (Å²) in [4.78, 5) is 12.4. The van der Waals surface area contributed by atoms with E-state index in [1.54, 1.807) is 19.9 Å². The van der Waals surface area contributed by atoms with Crippen molar-refractivity contribution in [3.05, 3.63) is 64.4 Å². The zero-order chi connectivity index (χ0) is 21.4. The number of Topliss-reactive ketones (excluding diaryl/α,β-unsaturated/α-hetero) is 1. The summed E-state index contributed by atoms with van der Waals surface area (Å²) in [7, 11) is 0. The highest BCUT2D eigenvalue weighted by molar-refractivity contribution is 14.1. The maximum atomic E-state index is 14.3. The van der Waals surface area contributed by atoms with E-state index < -0.39 is 0 Å². The number of anilines is 1. The first-order chi connectivity index (χ1) is 14.3. The Kier molecular flexibility index (Phi) is 6.35. The number of rotatable bonds is 4. The van der Waals surface area contributed by atoms with Gasteiger partial charge in [0.2, 0.25) is 0 Å². The fourth-order valence-corrected chi connectivity index (χ4v) is 5.09. The van der Waals surface area contributed by atoms with Crippen LogP contribution in [0.5, 0.6) is 0 Å². The van der Waals surface area contributed by atoms with Gasteiger partial charge >= 0.3 is 0 Å². The van der Waals surface area contributed by atoms with E-state index in [2.05, 4.69) is 27.9 Å². The van der Waals surface area contributed by atoms with Crippen LogP contribution in [0.25, 0.3) is 21.9 Å². The lowest BCUT2D eigenvalue weighted by molar-refractivity contribution is 0.101. The van der Waals surface area contributed by atoms with Crippen molar-refractivity contribution in [1.29, 1.82) is 0 Å². The van der Waals surface area contributed by atoms with Gasteiger partial charge in [-0.2, -0.15) is 0 Å². The molecule has 0 aromatic heterocycles. The number of benzene rings is 3. The van der Waals surface area contributed by atoms with Gasteiger partial charge in [0.1, 0.15) is 5.82 Å². The predicted molar refractivity (Wildman–Crippen MR) is 133 cm³/mol. The number of halogens is 3. The molecule has 3 aromatic rings. The molecule has 0 aliphatic heterocycles. The van der Waals surface area contributed by atoms with Crippen molar-refractivity contribution in [2.75, 3.05) is 5.32 Å². The van der Waals surface area contributed by atoms with Crippen molar-refractivity contribution in [3.8, 4) is 11.1 Å². The van der Waals surface area contributed by atoms with E-state index in [0.717, 1.165) is 44.4 Å². The van der Waals surface area contributed by atoms with Gasteiger partial charge in [-0.1, -0.05) is 52.4 Å². The minimum atomic E-state index is -0.316. The van der Waals surface area contributed by atoms with Gasteiger partial charge in [0.15, 0.2) is 5.78 Å². The minimum Gasteiger partial charge on any atom is -0.381 e. The van der Waals surface area contributed by atoms with E-state index in [-0.39, 0.29) is 11.6 Å². The van der Waals surface area contributed by atoms with Gasteiger partial charge in [0.05, 0.1) is 5.69 Å². The molecule has 0 bridgehead atoms. The molecule has 30 heavy (non-hydrogen) atoms. The second-order valence-electron chi connectivity index (χ2n) is 8.14. The van der Waals surface area contributed by atoms with Gasteiger partial charge in [0, 0.05) is 31.5 Å². The molecule has 2 nitrogen and oxygen atoms in total. The van der Waals surface area contributed by atoms with E-state index in [1.807, 2.05) is 30.3 Å². The van der Waals surface area contributed by atoms with E-state index in [9.17, 15) is 9.18 Å². The fourth-order valence-electron chi connectivity index (χ4n) is 4.16. The molecule has 0 amide bonds. The molecule has 0 heterocycles. The first-order valence-electron chi connectivity index (χ1n) is 10.3. The lowest BCUT2D eigenvalue weighted by Gasteiger charge is -2.28. The first-order valence-corrected chi connectivity index (χ1v) is 11.9. The summed E-state index contributed by atoms with van der Waals surface area (Å²) in [6.45, 7) is 3.28. The van der Waals surface area contributed by atoms with Crippen LogP contribution in [0.4, 0.5) is 10.1 Å². The zero-order valence-corrected chi connectivity index (χ0v) is 20.0. The molecule has 1 N–H and O–H groups in total. The van der Waals surface area contributed by atoms with Crippen molar-refractivity contribution in [1.82, 2.24) is 0 Å². The Morgan fingerprint density at radius 2 is 1.77 bits per heavy atom. The summed E-state index contributed by atoms with van der Waals surface area (Å²) >= 11 is 8.75. The SMILES string of the molecule is CC(=O)c1ccc2ccc(-c3cc(F)c(C)c(Cl)c3)cc2c1N[C@H]1CC[C@H](I)CC1. The molecule has 0 unspecified atom stereocenters. The van der Waals surface area contributed by atoms with E-state index >= 15 is 0 Å². The largest absolute Gasteiger partial charge is 0.381 e. The number of fused-ring (bicyclic) bond motifs is 1. The summed E-state index contributed by atoms with van der Waals surface area (Å²) < 4.78 is 15.0. The van der Waals surface area contributed by atoms with Gasteiger partial charge in [-0.3, -0.25) is 4.79 Å². The summed E-state index contributed by atoms with van der Waals surface area (Å²) in [5, 5.41) is 6.12. The fraction of sp³-hybridized carbons (Fsp3) is 0.320. The average Bonchev–Trinajstić information content (AvgIpc) is 2.73. The van der Waals surface area contributed by atoms with Gasteiger partial charge < -0.3 is 5.32 Å². The van der Waals surface area contributed by atoms with Crippen molar-refractivity contribution >= 4 is 56.4 Å². The number of carbonyl (C=O) groups is 1. The molecule has 3 aromatic carbocycles. The Balaban J connectivity index is 1.82. The second kappa shape index (κ2) is 8.83. The quantitative estimate of drug-likeness (QED) is 0.208. The summed E-state index contributed by atoms with van der Waals surface area (Å²) in [6, 6.07) is 13.6. The molecule has 1 saturated carbocycles. The van der Waals surface area contributed by atoms with Crippen LogP contribution in [0.3, 0.4) is 0 Å². The van der Waals surface area contributed by atoms with Crippen LogP contribution in [-0.2, 0) is 0 Å². The molecular weight excluding hydrogens is 512 g/mol. The Morgan fingerprint density at radius 1 is 1.07 bits per heavy atom. The van der Waals surface area contributed by atoms with Gasteiger partial charge in [0.25, 0.3) is 0 Å².